The highest BCUT2D eigenvalue weighted by atomic mass is 15.2. The third-order valence-corrected chi connectivity index (χ3v) is 5.88. The molecule has 24 heavy (non-hydrogen) atoms. The lowest BCUT2D eigenvalue weighted by Crippen LogP contribution is -2.46. The van der Waals surface area contributed by atoms with E-state index < -0.39 is 0 Å². The number of rotatable bonds is 3. The second-order valence-corrected chi connectivity index (χ2v) is 8.79. The lowest BCUT2D eigenvalue weighted by atomic mass is 9.96. The first kappa shape index (κ1) is 17.8. The number of hydrogen-bond acceptors (Lipinski definition) is 3. The zero-order chi connectivity index (χ0) is 17.3. The fourth-order valence-electron chi connectivity index (χ4n) is 4.55. The van der Waals surface area contributed by atoms with Gasteiger partial charge < -0.3 is 9.80 Å². The fourth-order valence-corrected chi connectivity index (χ4v) is 4.55. The van der Waals surface area contributed by atoms with Gasteiger partial charge in [-0.15, -0.1) is 0 Å². The Hall–Kier alpha value is -1.06. The van der Waals surface area contributed by atoms with Crippen LogP contribution in [0.15, 0.2) is 24.3 Å². The highest BCUT2D eigenvalue weighted by Gasteiger charge is 2.35. The molecule has 2 saturated heterocycles. The van der Waals surface area contributed by atoms with Crippen molar-refractivity contribution in [2.45, 2.75) is 64.1 Å². The minimum Gasteiger partial charge on any atom is -0.370 e. The minimum absolute atomic E-state index is 0.238. The zero-order valence-corrected chi connectivity index (χ0v) is 16.3. The summed E-state index contributed by atoms with van der Waals surface area (Å²) >= 11 is 0. The van der Waals surface area contributed by atoms with Crippen LogP contribution < -0.4 is 4.90 Å². The molecule has 0 amide bonds. The standard InChI is InChI=1S/C21H35N3/c1-21(2,3)24-15-9-13-20(24)18-11-6-7-12-19(18)23-14-8-10-17(16-23)22(4)5/h6-7,11-12,17,20H,8-10,13-16H2,1-5H3. The topological polar surface area (TPSA) is 9.72 Å². The maximum absolute atomic E-state index is 2.71. The second-order valence-electron chi connectivity index (χ2n) is 8.79. The second kappa shape index (κ2) is 7.05. The van der Waals surface area contributed by atoms with E-state index in [4.69, 9.17) is 0 Å². The molecular weight excluding hydrogens is 294 g/mol. The molecule has 0 radical (unpaired) electrons. The van der Waals surface area contributed by atoms with Gasteiger partial charge in [-0.1, -0.05) is 18.2 Å². The molecule has 0 saturated carbocycles. The number of likely N-dealkylation sites (N-methyl/N-ethyl adjacent to an activating group) is 1. The van der Waals surface area contributed by atoms with Crippen molar-refractivity contribution in [3.8, 4) is 0 Å². The van der Waals surface area contributed by atoms with Crippen molar-refractivity contribution in [3.63, 3.8) is 0 Å². The predicted molar refractivity (Wildman–Crippen MR) is 104 cm³/mol. The van der Waals surface area contributed by atoms with Gasteiger partial charge in [-0.3, -0.25) is 4.90 Å². The first-order valence-electron chi connectivity index (χ1n) is 9.65. The molecule has 0 spiro atoms. The molecule has 2 heterocycles. The van der Waals surface area contributed by atoms with Crippen LogP contribution in [0.5, 0.6) is 0 Å². The number of anilines is 1. The van der Waals surface area contributed by atoms with E-state index in [-0.39, 0.29) is 5.54 Å². The Morgan fingerprint density at radius 3 is 2.42 bits per heavy atom. The van der Waals surface area contributed by atoms with Crippen molar-refractivity contribution in [2.75, 3.05) is 38.6 Å². The molecule has 134 valence electrons. The van der Waals surface area contributed by atoms with Crippen LogP contribution in [0.2, 0.25) is 0 Å². The molecule has 2 fully saturated rings. The molecule has 2 aliphatic heterocycles. The van der Waals surface area contributed by atoms with Gasteiger partial charge in [-0.05, 0) is 78.7 Å². The normalized spacial score (nSPS) is 26.3. The van der Waals surface area contributed by atoms with Crippen LogP contribution >= 0.6 is 0 Å². The summed E-state index contributed by atoms with van der Waals surface area (Å²) in [6.45, 7) is 10.7. The quantitative estimate of drug-likeness (QED) is 0.825. The largest absolute Gasteiger partial charge is 0.370 e. The predicted octanol–water partition coefficient (Wildman–Crippen LogP) is 4.15. The van der Waals surface area contributed by atoms with E-state index in [1.54, 1.807) is 5.56 Å². The molecule has 3 nitrogen and oxygen atoms in total. The molecule has 3 rings (SSSR count). The van der Waals surface area contributed by atoms with Gasteiger partial charge in [0.2, 0.25) is 0 Å². The van der Waals surface area contributed by atoms with Crippen molar-refractivity contribution in [2.24, 2.45) is 0 Å². The molecular formula is C21H35N3. The summed E-state index contributed by atoms with van der Waals surface area (Å²) in [5.74, 6) is 0. The van der Waals surface area contributed by atoms with Crippen molar-refractivity contribution < 1.29 is 0 Å². The summed E-state index contributed by atoms with van der Waals surface area (Å²) in [5.41, 5.74) is 3.26. The number of nitrogens with zero attached hydrogens (tertiary/aromatic N) is 3. The Morgan fingerprint density at radius 1 is 1.00 bits per heavy atom. The summed E-state index contributed by atoms with van der Waals surface area (Å²) in [6, 6.07) is 10.4. The van der Waals surface area contributed by atoms with E-state index in [1.807, 2.05) is 0 Å². The Labute approximate surface area is 148 Å². The Balaban J connectivity index is 1.88. The van der Waals surface area contributed by atoms with Crippen LogP contribution in [0.1, 0.15) is 58.1 Å². The van der Waals surface area contributed by atoms with Gasteiger partial charge in [-0.25, -0.2) is 0 Å². The minimum atomic E-state index is 0.238. The summed E-state index contributed by atoms with van der Waals surface area (Å²) in [7, 11) is 4.44. The van der Waals surface area contributed by atoms with Gasteiger partial charge >= 0.3 is 0 Å². The Bertz CT molecular complexity index is 546. The van der Waals surface area contributed by atoms with Crippen molar-refractivity contribution in [1.82, 2.24) is 9.80 Å². The van der Waals surface area contributed by atoms with Gasteiger partial charge in [-0.2, -0.15) is 0 Å². The lowest BCUT2D eigenvalue weighted by Gasteiger charge is -2.41. The molecule has 0 aromatic heterocycles. The van der Waals surface area contributed by atoms with Gasteiger partial charge in [0.1, 0.15) is 0 Å². The molecule has 1 aromatic rings. The Morgan fingerprint density at radius 2 is 1.71 bits per heavy atom. The molecule has 2 unspecified atom stereocenters. The molecule has 1 aromatic carbocycles. The van der Waals surface area contributed by atoms with Crippen LogP contribution in [-0.2, 0) is 0 Å². The van der Waals surface area contributed by atoms with E-state index in [1.165, 1.54) is 44.5 Å². The molecule has 0 aliphatic carbocycles. The number of piperidine rings is 1. The van der Waals surface area contributed by atoms with Gasteiger partial charge in [0.15, 0.2) is 0 Å². The zero-order valence-electron chi connectivity index (χ0n) is 16.3. The monoisotopic (exact) mass is 329 g/mol. The van der Waals surface area contributed by atoms with E-state index in [9.17, 15) is 0 Å². The third kappa shape index (κ3) is 3.62. The van der Waals surface area contributed by atoms with Gasteiger partial charge in [0.25, 0.3) is 0 Å². The van der Waals surface area contributed by atoms with Gasteiger partial charge in [0.05, 0.1) is 0 Å². The first-order chi connectivity index (χ1) is 11.4. The van der Waals surface area contributed by atoms with E-state index in [0.717, 1.165) is 6.54 Å². The summed E-state index contributed by atoms with van der Waals surface area (Å²) in [6.07, 6.45) is 5.23. The summed E-state index contributed by atoms with van der Waals surface area (Å²) in [4.78, 5) is 7.74. The number of benzene rings is 1. The number of para-hydroxylation sites is 1. The molecule has 2 atom stereocenters. The van der Waals surface area contributed by atoms with Crippen LogP contribution in [0.3, 0.4) is 0 Å². The van der Waals surface area contributed by atoms with Gasteiger partial charge in [0, 0.05) is 36.4 Å². The number of hydrogen-bond donors (Lipinski definition) is 0. The van der Waals surface area contributed by atoms with Crippen molar-refractivity contribution >= 4 is 5.69 Å². The highest BCUT2D eigenvalue weighted by molar-refractivity contribution is 5.56. The fraction of sp³-hybridized carbons (Fsp3) is 0.714. The lowest BCUT2D eigenvalue weighted by molar-refractivity contribution is 0.122. The summed E-state index contributed by atoms with van der Waals surface area (Å²) in [5, 5.41) is 0. The molecule has 2 aliphatic rings. The molecule has 0 bridgehead atoms. The van der Waals surface area contributed by atoms with Crippen LogP contribution in [0.4, 0.5) is 5.69 Å². The average Bonchev–Trinajstić information content (AvgIpc) is 3.05. The van der Waals surface area contributed by atoms with Crippen LogP contribution in [0, 0.1) is 0 Å². The highest BCUT2D eigenvalue weighted by Crippen LogP contribution is 2.41. The SMILES string of the molecule is CN(C)C1CCCN(c2ccccc2C2CCCN2C(C)(C)C)C1. The first-order valence-corrected chi connectivity index (χ1v) is 9.65. The maximum Gasteiger partial charge on any atom is 0.0415 e. The molecule has 3 heteroatoms. The molecule has 0 N–H and O–H groups in total. The van der Waals surface area contributed by atoms with E-state index >= 15 is 0 Å². The van der Waals surface area contributed by atoms with E-state index in [2.05, 4.69) is 73.8 Å². The summed E-state index contributed by atoms with van der Waals surface area (Å²) < 4.78 is 0. The van der Waals surface area contributed by atoms with Crippen LogP contribution in [-0.4, -0.2) is 55.1 Å². The van der Waals surface area contributed by atoms with Crippen molar-refractivity contribution in [1.29, 1.82) is 0 Å². The van der Waals surface area contributed by atoms with Crippen LogP contribution in [0.25, 0.3) is 0 Å². The Kier molecular flexibility index (Phi) is 5.22. The number of likely N-dealkylation sites (tertiary alicyclic amines) is 1. The maximum atomic E-state index is 2.71. The third-order valence-electron chi connectivity index (χ3n) is 5.88. The van der Waals surface area contributed by atoms with Crippen molar-refractivity contribution in [3.05, 3.63) is 29.8 Å². The smallest absolute Gasteiger partial charge is 0.0415 e. The van der Waals surface area contributed by atoms with E-state index in [0.29, 0.717) is 12.1 Å². The average molecular weight is 330 g/mol.